The van der Waals surface area contributed by atoms with Crippen LogP contribution in [0, 0.1) is 5.92 Å². The summed E-state index contributed by atoms with van der Waals surface area (Å²) in [6, 6.07) is 0. The average Bonchev–Trinajstić information content (AvgIpc) is 1.97. The smallest absolute Gasteiger partial charge is 0.0724 e. The Morgan fingerprint density at radius 1 is 1.45 bits per heavy atom. The summed E-state index contributed by atoms with van der Waals surface area (Å²) in [4.78, 5) is 0. The molecule has 1 atom stereocenters. The van der Waals surface area contributed by atoms with E-state index in [0.717, 1.165) is 0 Å². The molecule has 2 heteroatoms. The van der Waals surface area contributed by atoms with Crippen LogP contribution in [-0.2, 0) is 4.74 Å². The molecule has 1 unspecified atom stereocenters. The first-order valence-corrected chi connectivity index (χ1v) is 4.15. The van der Waals surface area contributed by atoms with Crippen molar-refractivity contribution in [2.75, 3.05) is 13.2 Å². The van der Waals surface area contributed by atoms with Gasteiger partial charge in [0.25, 0.3) is 0 Å². The lowest BCUT2D eigenvalue weighted by Gasteiger charge is -2.18. The van der Waals surface area contributed by atoms with E-state index in [9.17, 15) is 0 Å². The Morgan fingerprint density at radius 3 is 2.45 bits per heavy atom. The highest BCUT2D eigenvalue weighted by atomic mass is 16.5. The summed E-state index contributed by atoms with van der Waals surface area (Å²) in [6.45, 7) is 7.50. The Morgan fingerprint density at radius 2 is 2.09 bits per heavy atom. The Bertz CT molecular complexity index is 110. The number of allylic oxidation sites excluding steroid dienone is 1. The molecule has 0 aromatic carbocycles. The van der Waals surface area contributed by atoms with Gasteiger partial charge < -0.3 is 10.5 Å². The van der Waals surface area contributed by atoms with Gasteiger partial charge in [0.15, 0.2) is 0 Å². The molecule has 0 aromatic rings. The maximum Gasteiger partial charge on any atom is 0.0724 e. The summed E-state index contributed by atoms with van der Waals surface area (Å²) in [5.41, 5.74) is 5.51. The fourth-order valence-corrected chi connectivity index (χ4v) is 0.808. The molecule has 0 bridgehead atoms. The lowest BCUT2D eigenvalue weighted by molar-refractivity contribution is 0.0470. The standard InChI is InChI=1S/C9H19NO/c1-4-5-6-11-9(7-10)8(2)3/h4-5,8-9H,6-7,10H2,1-3H3/b5-4+. The van der Waals surface area contributed by atoms with E-state index in [-0.39, 0.29) is 6.10 Å². The van der Waals surface area contributed by atoms with Crippen molar-refractivity contribution in [2.24, 2.45) is 11.7 Å². The van der Waals surface area contributed by atoms with Crippen molar-refractivity contribution in [1.29, 1.82) is 0 Å². The fraction of sp³-hybridized carbons (Fsp3) is 0.778. The van der Waals surface area contributed by atoms with Crippen molar-refractivity contribution in [3.05, 3.63) is 12.2 Å². The summed E-state index contributed by atoms with van der Waals surface area (Å²) < 4.78 is 5.48. The molecule has 0 aliphatic carbocycles. The number of hydrogen-bond acceptors (Lipinski definition) is 2. The molecule has 0 spiro atoms. The first-order valence-electron chi connectivity index (χ1n) is 4.15. The van der Waals surface area contributed by atoms with Gasteiger partial charge in [0, 0.05) is 6.54 Å². The molecule has 0 aromatic heterocycles. The van der Waals surface area contributed by atoms with Crippen LogP contribution in [0.15, 0.2) is 12.2 Å². The SMILES string of the molecule is C/C=C/COC(CN)C(C)C. The summed E-state index contributed by atoms with van der Waals surface area (Å²) >= 11 is 0. The molecule has 0 amide bonds. The van der Waals surface area contributed by atoms with Crippen molar-refractivity contribution >= 4 is 0 Å². The average molecular weight is 157 g/mol. The second-order valence-electron chi connectivity index (χ2n) is 2.92. The van der Waals surface area contributed by atoms with Crippen molar-refractivity contribution in [3.63, 3.8) is 0 Å². The monoisotopic (exact) mass is 157 g/mol. The molecule has 0 rings (SSSR count). The van der Waals surface area contributed by atoms with Crippen LogP contribution in [0.25, 0.3) is 0 Å². The van der Waals surface area contributed by atoms with Crippen LogP contribution in [0.1, 0.15) is 20.8 Å². The van der Waals surface area contributed by atoms with E-state index in [1.165, 1.54) is 0 Å². The van der Waals surface area contributed by atoms with Gasteiger partial charge in [-0.25, -0.2) is 0 Å². The highest BCUT2D eigenvalue weighted by Crippen LogP contribution is 2.04. The van der Waals surface area contributed by atoms with Gasteiger partial charge >= 0.3 is 0 Å². The normalized spacial score (nSPS) is 14.6. The molecule has 0 heterocycles. The number of rotatable bonds is 5. The minimum Gasteiger partial charge on any atom is -0.373 e. The maximum absolute atomic E-state index is 5.51. The molecule has 66 valence electrons. The van der Waals surface area contributed by atoms with E-state index in [1.807, 2.05) is 19.1 Å². The van der Waals surface area contributed by atoms with Crippen molar-refractivity contribution < 1.29 is 4.74 Å². The van der Waals surface area contributed by atoms with Crippen LogP contribution in [0.5, 0.6) is 0 Å². The van der Waals surface area contributed by atoms with Gasteiger partial charge in [0.05, 0.1) is 12.7 Å². The molecule has 11 heavy (non-hydrogen) atoms. The summed E-state index contributed by atoms with van der Waals surface area (Å²) in [5, 5.41) is 0. The first kappa shape index (κ1) is 10.7. The van der Waals surface area contributed by atoms with Gasteiger partial charge in [-0.15, -0.1) is 0 Å². The van der Waals surface area contributed by atoms with E-state index < -0.39 is 0 Å². The molecule has 2 N–H and O–H groups in total. The molecule has 0 saturated carbocycles. The summed E-state index contributed by atoms with van der Waals surface area (Å²) in [6.07, 6.45) is 4.17. The van der Waals surface area contributed by atoms with Gasteiger partial charge in [-0.05, 0) is 12.8 Å². The van der Waals surface area contributed by atoms with E-state index in [4.69, 9.17) is 10.5 Å². The van der Waals surface area contributed by atoms with E-state index in [1.54, 1.807) is 0 Å². The zero-order chi connectivity index (χ0) is 8.69. The Kier molecular flexibility index (Phi) is 6.18. The van der Waals surface area contributed by atoms with Crippen molar-refractivity contribution in [1.82, 2.24) is 0 Å². The zero-order valence-electron chi connectivity index (χ0n) is 7.71. The fourth-order valence-electron chi connectivity index (χ4n) is 0.808. The van der Waals surface area contributed by atoms with Crippen LogP contribution in [-0.4, -0.2) is 19.3 Å². The Balaban J connectivity index is 3.52. The summed E-state index contributed by atoms with van der Waals surface area (Å²) in [7, 11) is 0. The second kappa shape index (κ2) is 6.38. The minimum atomic E-state index is 0.200. The van der Waals surface area contributed by atoms with Crippen LogP contribution in [0.3, 0.4) is 0 Å². The molecular weight excluding hydrogens is 138 g/mol. The van der Waals surface area contributed by atoms with E-state index in [0.29, 0.717) is 19.1 Å². The quantitative estimate of drug-likeness (QED) is 0.615. The lowest BCUT2D eigenvalue weighted by atomic mass is 10.1. The lowest BCUT2D eigenvalue weighted by Crippen LogP contribution is -2.28. The van der Waals surface area contributed by atoms with Crippen LogP contribution in [0.2, 0.25) is 0 Å². The summed E-state index contributed by atoms with van der Waals surface area (Å²) in [5.74, 6) is 0.505. The molecule has 0 aliphatic heterocycles. The van der Waals surface area contributed by atoms with Crippen molar-refractivity contribution in [3.8, 4) is 0 Å². The number of ether oxygens (including phenoxy) is 1. The van der Waals surface area contributed by atoms with E-state index >= 15 is 0 Å². The number of hydrogen-bond donors (Lipinski definition) is 1. The van der Waals surface area contributed by atoms with Crippen LogP contribution >= 0.6 is 0 Å². The predicted molar refractivity (Wildman–Crippen MR) is 48.4 cm³/mol. The van der Waals surface area contributed by atoms with E-state index in [2.05, 4.69) is 13.8 Å². The Hall–Kier alpha value is -0.340. The number of nitrogens with two attached hydrogens (primary N) is 1. The van der Waals surface area contributed by atoms with Crippen molar-refractivity contribution in [2.45, 2.75) is 26.9 Å². The highest BCUT2D eigenvalue weighted by Gasteiger charge is 2.09. The molecule has 0 saturated heterocycles. The predicted octanol–water partition coefficient (Wildman–Crippen LogP) is 1.56. The molecule has 2 nitrogen and oxygen atoms in total. The topological polar surface area (TPSA) is 35.2 Å². The molecule has 0 fully saturated rings. The third-order valence-corrected chi connectivity index (χ3v) is 1.62. The Labute approximate surface area is 69.4 Å². The molecular formula is C9H19NO. The van der Waals surface area contributed by atoms with Gasteiger partial charge in [-0.2, -0.15) is 0 Å². The van der Waals surface area contributed by atoms with Gasteiger partial charge in [-0.1, -0.05) is 26.0 Å². The second-order valence-corrected chi connectivity index (χ2v) is 2.92. The minimum absolute atomic E-state index is 0.200. The van der Waals surface area contributed by atoms with Gasteiger partial charge in [0.1, 0.15) is 0 Å². The molecule has 0 aliphatic rings. The van der Waals surface area contributed by atoms with Crippen LogP contribution in [0.4, 0.5) is 0 Å². The molecule has 0 radical (unpaired) electrons. The third-order valence-electron chi connectivity index (χ3n) is 1.62. The zero-order valence-corrected chi connectivity index (χ0v) is 7.71. The van der Waals surface area contributed by atoms with Crippen LogP contribution < -0.4 is 5.73 Å². The highest BCUT2D eigenvalue weighted by molar-refractivity contribution is 4.77. The third kappa shape index (κ3) is 4.99. The maximum atomic E-state index is 5.51. The first-order chi connectivity index (χ1) is 5.22. The van der Waals surface area contributed by atoms with Gasteiger partial charge in [-0.3, -0.25) is 0 Å². The largest absolute Gasteiger partial charge is 0.373 e. The van der Waals surface area contributed by atoms with Gasteiger partial charge in [0.2, 0.25) is 0 Å².